The van der Waals surface area contributed by atoms with Crippen LogP contribution >= 0.6 is 12.4 Å². The van der Waals surface area contributed by atoms with Crippen molar-refractivity contribution < 1.29 is 14.0 Å². The summed E-state index contributed by atoms with van der Waals surface area (Å²) in [7, 11) is 0. The molecule has 0 spiro atoms. The number of rotatable bonds is 4. The van der Waals surface area contributed by atoms with E-state index in [4.69, 9.17) is 10.2 Å². The molecule has 1 saturated carbocycles. The van der Waals surface area contributed by atoms with E-state index < -0.39 is 6.04 Å². The molecule has 1 unspecified atom stereocenters. The SMILES string of the molecule is CC(NC(=O)c1ccoc1)C(=O)NC1CCC(N)CC1.Cl. The third-order valence-electron chi connectivity index (χ3n) is 3.64. The fourth-order valence-electron chi connectivity index (χ4n) is 2.33. The molecule has 1 atom stereocenters. The van der Waals surface area contributed by atoms with E-state index >= 15 is 0 Å². The molecule has 4 N–H and O–H groups in total. The van der Waals surface area contributed by atoms with E-state index in [0.717, 1.165) is 25.7 Å². The van der Waals surface area contributed by atoms with E-state index in [1.54, 1.807) is 13.0 Å². The zero-order valence-corrected chi connectivity index (χ0v) is 12.8. The Kier molecular flexibility index (Phi) is 6.71. The number of furan rings is 1. The Hall–Kier alpha value is -1.53. The first-order valence-corrected chi connectivity index (χ1v) is 6.95. The topological polar surface area (TPSA) is 97.4 Å². The van der Waals surface area contributed by atoms with Crippen LogP contribution in [0.5, 0.6) is 0 Å². The highest BCUT2D eigenvalue weighted by molar-refractivity contribution is 5.97. The summed E-state index contributed by atoms with van der Waals surface area (Å²) in [5.41, 5.74) is 6.24. The average molecular weight is 316 g/mol. The first-order chi connectivity index (χ1) is 9.56. The molecule has 0 saturated heterocycles. The molecule has 1 heterocycles. The van der Waals surface area contributed by atoms with E-state index in [1.807, 2.05) is 0 Å². The lowest BCUT2D eigenvalue weighted by atomic mass is 9.91. The predicted molar refractivity (Wildman–Crippen MR) is 81.3 cm³/mol. The van der Waals surface area contributed by atoms with Gasteiger partial charge >= 0.3 is 0 Å². The van der Waals surface area contributed by atoms with Gasteiger partial charge in [0.05, 0.1) is 11.8 Å². The maximum atomic E-state index is 12.0. The molecular weight excluding hydrogens is 294 g/mol. The first-order valence-electron chi connectivity index (χ1n) is 6.95. The molecule has 0 bridgehead atoms. The Balaban J connectivity index is 0.00000220. The van der Waals surface area contributed by atoms with Gasteiger partial charge in [-0.05, 0) is 38.7 Å². The smallest absolute Gasteiger partial charge is 0.255 e. The van der Waals surface area contributed by atoms with Crippen LogP contribution in [0.1, 0.15) is 43.0 Å². The van der Waals surface area contributed by atoms with Crippen molar-refractivity contribution in [1.29, 1.82) is 0 Å². The number of hydrogen-bond donors (Lipinski definition) is 3. The maximum absolute atomic E-state index is 12.0. The zero-order chi connectivity index (χ0) is 14.5. The Labute approximate surface area is 130 Å². The van der Waals surface area contributed by atoms with Crippen LogP contribution in [0.15, 0.2) is 23.0 Å². The molecule has 2 amide bonds. The minimum absolute atomic E-state index is 0. The second kappa shape index (κ2) is 8.05. The number of carbonyl (C=O) groups is 2. The minimum Gasteiger partial charge on any atom is -0.472 e. The van der Waals surface area contributed by atoms with Crippen LogP contribution in [-0.4, -0.2) is 29.9 Å². The molecule has 2 rings (SSSR count). The van der Waals surface area contributed by atoms with Crippen molar-refractivity contribution in [2.24, 2.45) is 5.73 Å². The molecule has 21 heavy (non-hydrogen) atoms. The molecule has 1 aliphatic rings. The van der Waals surface area contributed by atoms with Gasteiger partial charge in [0.15, 0.2) is 0 Å². The predicted octanol–water partition coefficient (Wildman–Crippen LogP) is 1.21. The van der Waals surface area contributed by atoms with Gasteiger partial charge in [0.25, 0.3) is 5.91 Å². The number of nitrogens with two attached hydrogens (primary N) is 1. The summed E-state index contributed by atoms with van der Waals surface area (Å²) < 4.78 is 4.84. The van der Waals surface area contributed by atoms with Crippen LogP contribution in [-0.2, 0) is 4.79 Å². The molecular formula is C14H22ClN3O3. The number of amides is 2. The lowest BCUT2D eigenvalue weighted by molar-refractivity contribution is -0.123. The summed E-state index contributed by atoms with van der Waals surface area (Å²) in [6.07, 6.45) is 6.43. The normalized spacial score (nSPS) is 22.8. The van der Waals surface area contributed by atoms with E-state index in [1.165, 1.54) is 12.5 Å². The van der Waals surface area contributed by atoms with E-state index in [-0.39, 0.29) is 36.3 Å². The van der Waals surface area contributed by atoms with Crippen molar-refractivity contribution in [3.63, 3.8) is 0 Å². The molecule has 0 aromatic carbocycles. The molecule has 0 aliphatic heterocycles. The average Bonchev–Trinajstić information content (AvgIpc) is 2.95. The molecule has 1 fully saturated rings. The van der Waals surface area contributed by atoms with Gasteiger partial charge < -0.3 is 20.8 Å². The lowest BCUT2D eigenvalue weighted by Crippen LogP contribution is -2.49. The van der Waals surface area contributed by atoms with Crippen molar-refractivity contribution in [1.82, 2.24) is 10.6 Å². The molecule has 1 aliphatic carbocycles. The monoisotopic (exact) mass is 315 g/mol. The van der Waals surface area contributed by atoms with Gasteiger partial charge in [0.1, 0.15) is 12.3 Å². The van der Waals surface area contributed by atoms with Gasteiger partial charge in [-0.2, -0.15) is 0 Å². The number of carbonyl (C=O) groups excluding carboxylic acids is 2. The molecule has 118 valence electrons. The Bertz CT molecular complexity index is 456. The summed E-state index contributed by atoms with van der Waals surface area (Å²) >= 11 is 0. The summed E-state index contributed by atoms with van der Waals surface area (Å²) in [5, 5.41) is 5.60. The van der Waals surface area contributed by atoms with E-state index in [2.05, 4.69) is 10.6 Å². The molecule has 0 radical (unpaired) electrons. The van der Waals surface area contributed by atoms with Gasteiger partial charge in [0, 0.05) is 12.1 Å². The summed E-state index contributed by atoms with van der Waals surface area (Å²) in [6.45, 7) is 1.67. The van der Waals surface area contributed by atoms with Gasteiger partial charge in [-0.25, -0.2) is 0 Å². The second-order valence-electron chi connectivity index (χ2n) is 5.33. The standard InChI is InChI=1S/C14H21N3O3.ClH/c1-9(16-14(19)10-6-7-20-8-10)13(18)17-12-4-2-11(15)3-5-12;/h6-9,11-12H,2-5,15H2,1H3,(H,16,19)(H,17,18);1H. The maximum Gasteiger partial charge on any atom is 0.255 e. The number of hydrogen-bond acceptors (Lipinski definition) is 4. The van der Waals surface area contributed by atoms with Crippen molar-refractivity contribution in [3.05, 3.63) is 24.2 Å². The number of nitrogens with one attached hydrogen (secondary N) is 2. The lowest BCUT2D eigenvalue weighted by Gasteiger charge is -2.28. The second-order valence-corrected chi connectivity index (χ2v) is 5.33. The third kappa shape index (κ3) is 5.06. The molecule has 6 nitrogen and oxygen atoms in total. The molecule has 1 aromatic heterocycles. The van der Waals surface area contributed by atoms with E-state index in [0.29, 0.717) is 5.56 Å². The first kappa shape index (κ1) is 17.5. The van der Waals surface area contributed by atoms with Crippen molar-refractivity contribution in [2.75, 3.05) is 0 Å². The Morgan fingerprint density at radius 1 is 1.33 bits per heavy atom. The van der Waals surface area contributed by atoms with Crippen LogP contribution in [0.4, 0.5) is 0 Å². The minimum atomic E-state index is -0.576. The Morgan fingerprint density at radius 2 is 2.00 bits per heavy atom. The van der Waals surface area contributed by atoms with Crippen LogP contribution < -0.4 is 16.4 Å². The van der Waals surface area contributed by atoms with Crippen LogP contribution in [0.3, 0.4) is 0 Å². The largest absolute Gasteiger partial charge is 0.472 e. The van der Waals surface area contributed by atoms with Crippen LogP contribution in [0.2, 0.25) is 0 Å². The van der Waals surface area contributed by atoms with Crippen molar-refractivity contribution in [2.45, 2.75) is 50.7 Å². The van der Waals surface area contributed by atoms with Gasteiger partial charge in [0.2, 0.25) is 5.91 Å². The zero-order valence-electron chi connectivity index (χ0n) is 12.0. The summed E-state index contributed by atoms with van der Waals surface area (Å²) in [4.78, 5) is 23.8. The highest BCUT2D eigenvalue weighted by atomic mass is 35.5. The van der Waals surface area contributed by atoms with Crippen LogP contribution in [0, 0.1) is 0 Å². The highest BCUT2D eigenvalue weighted by Crippen LogP contribution is 2.16. The van der Waals surface area contributed by atoms with Crippen molar-refractivity contribution in [3.8, 4) is 0 Å². The molecule has 1 aromatic rings. The quantitative estimate of drug-likeness (QED) is 0.778. The fraction of sp³-hybridized carbons (Fsp3) is 0.571. The Morgan fingerprint density at radius 3 is 2.57 bits per heavy atom. The summed E-state index contributed by atoms with van der Waals surface area (Å²) in [5.74, 6) is -0.477. The van der Waals surface area contributed by atoms with Crippen molar-refractivity contribution >= 4 is 24.2 Å². The number of halogens is 1. The van der Waals surface area contributed by atoms with Gasteiger partial charge in [-0.1, -0.05) is 0 Å². The van der Waals surface area contributed by atoms with Gasteiger partial charge in [-0.3, -0.25) is 9.59 Å². The summed E-state index contributed by atoms with van der Waals surface area (Å²) in [6, 6.07) is 1.40. The molecule has 7 heteroatoms. The highest BCUT2D eigenvalue weighted by Gasteiger charge is 2.23. The fourth-order valence-corrected chi connectivity index (χ4v) is 2.33. The third-order valence-corrected chi connectivity index (χ3v) is 3.64. The van der Waals surface area contributed by atoms with Crippen LogP contribution in [0.25, 0.3) is 0 Å². The van der Waals surface area contributed by atoms with E-state index in [9.17, 15) is 9.59 Å². The van der Waals surface area contributed by atoms with Gasteiger partial charge in [-0.15, -0.1) is 12.4 Å².